The van der Waals surface area contributed by atoms with Crippen LogP contribution in [0.4, 0.5) is 18.9 Å². The molecule has 180 valence electrons. The van der Waals surface area contributed by atoms with Gasteiger partial charge in [0.15, 0.2) is 0 Å². The Bertz CT molecular complexity index is 1090. The van der Waals surface area contributed by atoms with Gasteiger partial charge in [-0.3, -0.25) is 19.2 Å². The van der Waals surface area contributed by atoms with Gasteiger partial charge in [0.05, 0.1) is 35.8 Å². The van der Waals surface area contributed by atoms with Crippen LogP contribution in [0.1, 0.15) is 25.0 Å². The highest BCUT2D eigenvalue weighted by Gasteiger charge is 2.31. The second-order valence-electron chi connectivity index (χ2n) is 6.09. The van der Waals surface area contributed by atoms with E-state index in [1.54, 1.807) is 13.8 Å². The summed E-state index contributed by atoms with van der Waals surface area (Å²) in [7, 11) is -2.90. The molecule has 0 saturated heterocycles. The van der Waals surface area contributed by atoms with Crippen molar-refractivity contribution in [3.8, 4) is 11.5 Å². The minimum absolute atomic E-state index is 0.0184. The van der Waals surface area contributed by atoms with E-state index in [2.05, 4.69) is 4.76 Å². The van der Waals surface area contributed by atoms with Crippen LogP contribution in [-0.2, 0) is 24.5 Å². The lowest BCUT2D eigenvalue weighted by atomic mass is 10.1. The second-order valence-corrected chi connectivity index (χ2v) is 8.16. The molecule has 0 aliphatic rings. The van der Waals surface area contributed by atoms with Crippen LogP contribution in [0.15, 0.2) is 41.2 Å². The summed E-state index contributed by atoms with van der Waals surface area (Å²) in [5, 5.41) is 11.2. The minimum atomic E-state index is -4.60. The third-order valence-electron chi connectivity index (χ3n) is 3.87. The van der Waals surface area contributed by atoms with Crippen LogP contribution in [0.3, 0.4) is 0 Å². The zero-order valence-corrected chi connectivity index (χ0v) is 19.2. The molecular weight excluding hydrogens is 492 g/mol. The van der Waals surface area contributed by atoms with Gasteiger partial charge in [-0.1, -0.05) is 11.6 Å². The molecule has 0 fully saturated rings. The number of nitro benzene ring substituents is 1. The summed E-state index contributed by atoms with van der Waals surface area (Å²) in [6.07, 6.45) is -4.60. The molecule has 0 aliphatic carbocycles. The largest absolute Gasteiger partial charge is 0.480 e. The van der Waals surface area contributed by atoms with E-state index in [-0.39, 0.29) is 35.3 Å². The Morgan fingerprint density at radius 1 is 1.15 bits per heavy atom. The van der Waals surface area contributed by atoms with Crippen molar-refractivity contribution < 1.29 is 41.2 Å². The van der Waals surface area contributed by atoms with Crippen molar-refractivity contribution >= 4 is 30.9 Å². The van der Waals surface area contributed by atoms with Gasteiger partial charge in [0.25, 0.3) is 5.69 Å². The van der Waals surface area contributed by atoms with Crippen molar-refractivity contribution in [3.63, 3.8) is 0 Å². The van der Waals surface area contributed by atoms with Gasteiger partial charge in [-0.2, -0.15) is 13.2 Å². The van der Waals surface area contributed by atoms with E-state index < -0.39 is 36.0 Å². The molecule has 9 nitrogen and oxygen atoms in total. The number of hydrogen-bond acceptors (Lipinski definition) is 7. The van der Waals surface area contributed by atoms with Crippen LogP contribution in [0.25, 0.3) is 0 Å². The monoisotopic (exact) mass is 510 g/mol. The van der Waals surface area contributed by atoms with Gasteiger partial charge in [-0.05, 0) is 38.1 Å². The number of hydrogen-bond donors (Lipinski definition) is 0. The molecular formula is C19H19ClF3N2O7P. The number of rotatable bonds is 9. The van der Waals surface area contributed by atoms with E-state index >= 15 is 0 Å². The molecule has 2 rings (SSSR count). The molecule has 0 radical (unpaired) electrons. The lowest BCUT2D eigenvalue weighted by Gasteiger charge is -2.15. The maximum absolute atomic E-state index is 12.8. The van der Waals surface area contributed by atoms with Gasteiger partial charge in [0.2, 0.25) is 5.90 Å². The maximum Gasteiger partial charge on any atom is 0.457 e. The molecule has 0 amide bonds. The fourth-order valence-electron chi connectivity index (χ4n) is 2.53. The molecule has 33 heavy (non-hydrogen) atoms. The first kappa shape index (κ1) is 26.6. The second kappa shape index (κ2) is 11.0. The van der Waals surface area contributed by atoms with E-state index in [4.69, 9.17) is 30.1 Å². The Balaban J connectivity index is 2.53. The zero-order valence-electron chi connectivity index (χ0n) is 17.6. The number of halogens is 4. The molecule has 0 spiro atoms. The van der Waals surface area contributed by atoms with Crippen LogP contribution >= 0.6 is 19.3 Å². The molecule has 2 aromatic carbocycles. The Kier molecular flexibility index (Phi) is 8.84. The van der Waals surface area contributed by atoms with E-state index in [9.17, 15) is 27.9 Å². The quantitative estimate of drug-likeness (QED) is 0.122. The third kappa shape index (κ3) is 6.91. The fourth-order valence-corrected chi connectivity index (χ4v) is 4.01. The lowest BCUT2D eigenvalue weighted by Crippen LogP contribution is -2.09. The summed E-state index contributed by atoms with van der Waals surface area (Å²) < 4.78 is 75.8. The SMILES string of the molecule is CCOP(=O)(N=C(OC)c1cc(Oc2ccc(C(F)(F)F)cc2Cl)ccc1[N+](=O)[O-])OCC. The van der Waals surface area contributed by atoms with Gasteiger partial charge >= 0.3 is 13.9 Å². The highest BCUT2D eigenvalue weighted by molar-refractivity contribution is 7.52. The van der Waals surface area contributed by atoms with Crippen molar-refractivity contribution in [1.82, 2.24) is 0 Å². The number of nitro groups is 1. The summed E-state index contributed by atoms with van der Waals surface area (Å²) in [6.45, 7) is 3.07. The summed E-state index contributed by atoms with van der Waals surface area (Å²) in [5.41, 5.74) is -1.68. The Morgan fingerprint density at radius 3 is 2.27 bits per heavy atom. The van der Waals surface area contributed by atoms with E-state index in [1.807, 2.05) is 0 Å². The average Bonchev–Trinajstić information content (AvgIpc) is 2.73. The van der Waals surface area contributed by atoms with Crippen LogP contribution in [-0.4, -0.2) is 31.1 Å². The Morgan fingerprint density at radius 2 is 1.79 bits per heavy atom. The standard InChI is InChI=1S/C19H19ClF3N2O7P/c1-4-30-33(28,31-5-2)24-18(29-3)14-11-13(7-8-16(14)25(26)27)32-17-9-6-12(10-15(17)20)19(21,22)23/h6-11H,4-5H2,1-3H3. The molecule has 0 saturated carbocycles. The molecule has 0 aromatic heterocycles. The molecule has 14 heteroatoms. The first-order valence-corrected chi connectivity index (χ1v) is 11.2. The van der Waals surface area contributed by atoms with Gasteiger partial charge in [0.1, 0.15) is 17.1 Å². The molecule has 2 aromatic rings. The third-order valence-corrected chi connectivity index (χ3v) is 5.76. The van der Waals surface area contributed by atoms with Crippen LogP contribution in [0.5, 0.6) is 11.5 Å². The summed E-state index contributed by atoms with van der Waals surface area (Å²) >= 11 is 5.90. The number of ether oxygens (including phenoxy) is 2. The summed E-state index contributed by atoms with van der Waals surface area (Å²) in [4.78, 5) is 10.8. The average molecular weight is 511 g/mol. The van der Waals surface area contributed by atoms with Crippen molar-refractivity contribution in [2.75, 3.05) is 20.3 Å². The van der Waals surface area contributed by atoms with Crippen molar-refractivity contribution in [2.45, 2.75) is 20.0 Å². The maximum atomic E-state index is 12.8. The highest BCUT2D eigenvalue weighted by Crippen LogP contribution is 2.50. The number of nitrogens with zero attached hydrogens (tertiary/aromatic N) is 2. The number of methoxy groups -OCH3 is 1. The minimum Gasteiger partial charge on any atom is -0.480 e. The Hall–Kier alpha value is -2.66. The summed E-state index contributed by atoms with van der Waals surface area (Å²) in [6, 6.07) is 5.87. The van der Waals surface area contributed by atoms with E-state index in [1.165, 1.54) is 6.07 Å². The lowest BCUT2D eigenvalue weighted by molar-refractivity contribution is -0.385. The zero-order chi connectivity index (χ0) is 24.8. The van der Waals surface area contributed by atoms with Crippen molar-refractivity contribution in [1.29, 1.82) is 0 Å². The van der Waals surface area contributed by atoms with Crippen LogP contribution in [0.2, 0.25) is 5.02 Å². The van der Waals surface area contributed by atoms with Crippen LogP contribution < -0.4 is 4.74 Å². The number of alkyl halides is 3. The molecule has 0 aliphatic heterocycles. The molecule has 0 N–H and O–H groups in total. The molecule has 0 unspecified atom stereocenters. The molecule has 0 heterocycles. The van der Waals surface area contributed by atoms with Gasteiger partial charge in [-0.15, -0.1) is 4.76 Å². The van der Waals surface area contributed by atoms with Crippen LogP contribution in [0, 0.1) is 10.1 Å². The smallest absolute Gasteiger partial charge is 0.457 e. The normalized spacial score (nSPS) is 12.5. The molecule has 0 bridgehead atoms. The van der Waals surface area contributed by atoms with Gasteiger partial charge in [0, 0.05) is 12.1 Å². The highest BCUT2D eigenvalue weighted by atomic mass is 35.5. The fraction of sp³-hybridized carbons (Fsp3) is 0.316. The topological polar surface area (TPSA) is 109 Å². The van der Waals surface area contributed by atoms with Crippen molar-refractivity contribution in [2.24, 2.45) is 4.76 Å². The Labute approximate surface area is 191 Å². The summed E-state index contributed by atoms with van der Waals surface area (Å²) in [5.74, 6) is -0.602. The molecule has 0 atom stereocenters. The predicted molar refractivity (Wildman–Crippen MR) is 114 cm³/mol. The first-order valence-electron chi connectivity index (χ1n) is 9.30. The van der Waals surface area contributed by atoms with Crippen molar-refractivity contribution in [3.05, 3.63) is 62.7 Å². The number of benzene rings is 2. The first-order chi connectivity index (χ1) is 15.4. The van der Waals surface area contributed by atoms with E-state index in [0.717, 1.165) is 31.4 Å². The van der Waals surface area contributed by atoms with E-state index in [0.29, 0.717) is 6.07 Å². The predicted octanol–water partition coefficient (Wildman–Crippen LogP) is 6.63. The van der Waals surface area contributed by atoms with Gasteiger partial charge in [-0.25, -0.2) is 4.57 Å². The van der Waals surface area contributed by atoms with Gasteiger partial charge < -0.3 is 9.47 Å².